The van der Waals surface area contributed by atoms with E-state index in [1.54, 1.807) is 21.3 Å². The van der Waals surface area contributed by atoms with Crippen molar-refractivity contribution in [3.05, 3.63) is 70.2 Å². The van der Waals surface area contributed by atoms with Crippen LogP contribution in [0.3, 0.4) is 0 Å². The summed E-state index contributed by atoms with van der Waals surface area (Å²) in [4.78, 5) is 47.3. The molecule has 11 nitrogen and oxygen atoms in total. The molecular weight excluding hydrogens is 702 g/mol. The van der Waals surface area contributed by atoms with Gasteiger partial charge in [0.25, 0.3) is 0 Å². The lowest BCUT2D eigenvalue weighted by atomic mass is 9.83. The molecule has 3 fully saturated rings. The number of hydrogen-bond donors (Lipinski definition) is 1. The second kappa shape index (κ2) is 16.4. The molecule has 3 amide bonds. The van der Waals surface area contributed by atoms with Crippen LogP contribution in [0.4, 0.5) is 4.79 Å². The Morgan fingerprint density at radius 3 is 2.27 bits per heavy atom. The van der Waals surface area contributed by atoms with E-state index in [2.05, 4.69) is 10.2 Å². The minimum absolute atomic E-state index is 0.0170. The van der Waals surface area contributed by atoms with E-state index in [-0.39, 0.29) is 36.5 Å². The van der Waals surface area contributed by atoms with Crippen molar-refractivity contribution >= 4 is 39.5 Å². The molecule has 52 heavy (non-hydrogen) atoms. The third kappa shape index (κ3) is 9.48. The number of benzene rings is 2. The van der Waals surface area contributed by atoms with E-state index in [0.29, 0.717) is 63.2 Å². The molecule has 2 aromatic rings. The first-order valence-electron chi connectivity index (χ1n) is 18.9. The van der Waals surface area contributed by atoms with Crippen molar-refractivity contribution in [1.29, 1.82) is 0 Å². The minimum Gasteiger partial charge on any atom is -0.444 e. The first-order valence-corrected chi connectivity index (χ1v) is 20.9. The number of rotatable bonds is 10. The summed E-state index contributed by atoms with van der Waals surface area (Å²) in [5.41, 5.74) is 2.04. The second-order valence-electron chi connectivity index (χ2n) is 15.8. The van der Waals surface area contributed by atoms with E-state index in [1.807, 2.05) is 62.1 Å². The number of nitrogens with one attached hydrogen (secondary N) is 1. The van der Waals surface area contributed by atoms with Crippen molar-refractivity contribution in [2.45, 2.75) is 102 Å². The van der Waals surface area contributed by atoms with E-state index in [1.165, 1.54) is 19.3 Å². The molecule has 284 valence electrons. The van der Waals surface area contributed by atoms with Gasteiger partial charge in [0, 0.05) is 63.3 Å². The number of carbonyl (C=O) groups is 3. The van der Waals surface area contributed by atoms with Crippen LogP contribution in [-0.2, 0) is 37.3 Å². The fourth-order valence-electron chi connectivity index (χ4n) is 8.36. The third-order valence-electron chi connectivity index (χ3n) is 11.0. The van der Waals surface area contributed by atoms with Crippen LogP contribution in [-0.4, -0.2) is 108 Å². The molecule has 4 aliphatic rings. The van der Waals surface area contributed by atoms with Gasteiger partial charge in [-0.25, -0.2) is 17.5 Å². The van der Waals surface area contributed by atoms with Crippen molar-refractivity contribution < 1.29 is 27.5 Å². The molecular formula is C39H54ClN5O6S. The van der Waals surface area contributed by atoms with Crippen LogP contribution in [0.1, 0.15) is 88.4 Å². The third-order valence-corrected chi connectivity index (χ3v) is 13.2. The summed E-state index contributed by atoms with van der Waals surface area (Å²) >= 11 is 6.17. The SMILES string of the molecule is CC(C)(C)OC(=O)N1Cc2ccccc2C1CC(=O)NC(Cc1ccc(Cl)cc1)C(=O)N1CCN(C(CN2CCCS2(=O)=O)C2CCCCC2)CC1. The Morgan fingerprint density at radius 1 is 0.923 bits per heavy atom. The highest BCUT2D eigenvalue weighted by Crippen LogP contribution is 2.37. The van der Waals surface area contributed by atoms with E-state index in [0.717, 1.165) is 29.5 Å². The minimum atomic E-state index is -3.22. The summed E-state index contributed by atoms with van der Waals surface area (Å²) in [7, 11) is -3.22. The Bertz CT molecular complexity index is 1690. The number of sulfonamides is 1. The van der Waals surface area contributed by atoms with Gasteiger partial charge in [-0.15, -0.1) is 0 Å². The zero-order chi connectivity index (χ0) is 37.0. The Morgan fingerprint density at radius 2 is 1.62 bits per heavy atom. The maximum Gasteiger partial charge on any atom is 0.411 e. The molecule has 0 radical (unpaired) electrons. The molecule has 0 aromatic heterocycles. The quantitative estimate of drug-likeness (QED) is 0.346. The largest absolute Gasteiger partial charge is 0.444 e. The van der Waals surface area contributed by atoms with Crippen molar-refractivity contribution in [3.8, 4) is 0 Å². The summed E-state index contributed by atoms with van der Waals surface area (Å²) in [6.45, 7) is 9.15. The van der Waals surface area contributed by atoms with Gasteiger partial charge < -0.3 is 15.0 Å². The molecule has 0 spiro atoms. The average molecular weight is 756 g/mol. The molecule has 3 heterocycles. The maximum absolute atomic E-state index is 14.3. The summed E-state index contributed by atoms with van der Waals surface area (Å²) in [5.74, 6) is 0.171. The zero-order valence-electron chi connectivity index (χ0n) is 30.8. The van der Waals surface area contributed by atoms with E-state index in [9.17, 15) is 22.8 Å². The number of ether oxygens (including phenoxy) is 1. The standard InChI is InChI=1S/C39H54ClN5O6S/c1-39(2,3)51-38(48)45-26-30-12-7-8-13-32(30)34(45)25-36(46)41-33(24-28-14-16-31(40)17-15-28)37(47)43-21-19-42(20-22-43)35(29-10-5-4-6-11-29)27-44-18-9-23-52(44,49)50/h7-8,12-17,29,33-35H,4-6,9-11,18-27H2,1-3H3,(H,41,46). The number of nitrogens with zero attached hydrogens (tertiary/aromatic N) is 4. The second-order valence-corrected chi connectivity index (χ2v) is 18.4. The topological polar surface area (TPSA) is 120 Å². The van der Waals surface area contributed by atoms with Crippen molar-refractivity contribution in [1.82, 2.24) is 24.3 Å². The van der Waals surface area contributed by atoms with Crippen LogP contribution in [0.2, 0.25) is 5.02 Å². The van der Waals surface area contributed by atoms with Crippen molar-refractivity contribution in [2.24, 2.45) is 5.92 Å². The van der Waals surface area contributed by atoms with Crippen LogP contribution in [0.15, 0.2) is 48.5 Å². The predicted molar refractivity (Wildman–Crippen MR) is 201 cm³/mol. The van der Waals surface area contributed by atoms with Gasteiger partial charge in [-0.05, 0) is 74.8 Å². The molecule has 2 saturated heterocycles. The number of fused-ring (bicyclic) bond motifs is 1. The number of carbonyl (C=O) groups excluding carboxylic acids is 3. The molecule has 1 N–H and O–H groups in total. The van der Waals surface area contributed by atoms with Gasteiger partial charge >= 0.3 is 6.09 Å². The maximum atomic E-state index is 14.3. The molecule has 0 bridgehead atoms. The van der Waals surface area contributed by atoms with Gasteiger partial charge in [0.1, 0.15) is 11.6 Å². The lowest BCUT2D eigenvalue weighted by molar-refractivity contribution is -0.138. The summed E-state index contributed by atoms with van der Waals surface area (Å²) < 4.78 is 33.0. The molecule has 3 atom stereocenters. The number of hydrogen-bond acceptors (Lipinski definition) is 7. The van der Waals surface area contributed by atoms with Crippen LogP contribution in [0.25, 0.3) is 0 Å². The molecule has 3 aliphatic heterocycles. The molecule has 1 saturated carbocycles. The Kier molecular flexibility index (Phi) is 12.2. The summed E-state index contributed by atoms with van der Waals surface area (Å²) in [6.07, 6.45) is 6.22. The molecule has 1 aliphatic carbocycles. The van der Waals surface area contributed by atoms with Crippen LogP contribution < -0.4 is 5.32 Å². The fraction of sp³-hybridized carbons (Fsp3) is 0.615. The predicted octanol–water partition coefficient (Wildman–Crippen LogP) is 5.38. The number of halogens is 1. The smallest absolute Gasteiger partial charge is 0.411 e. The van der Waals surface area contributed by atoms with Gasteiger partial charge in [0.05, 0.1) is 18.2 Å². The van der Waals surface area contributed by atoms with E-state index >= 15 is 0 Å². The Balaban J connectivity index is 1.16. The highest BCUT2D eigenvalue weighted by atomic mass is 35.5. The first-order chi connectivity index (χ1) is 24.8. The van der Waals surface area contributed by atoms with Gasteiger partial charge in [-0.2, -0.15) is 0 Å². The van der Waals surface area contributed by atoms with Crippen LogP contribution in [0.5, 0.6) is 0 Å². The fourth-order valence-corrected chi connectivity index (χ4v) is 10.0. The molecule has 2 aromatic carbocycles. The van der Waals surface area contributed by atoms with Gasteiger partial charge in [-0.3, -0.25) is 19.4 Å². The van der Waals surface area contributed by atoms with Crippen molar-refractivity contribution in [2.75, 3.05) is 45.0 Å². The highest BCUT2D eigenvalue weighted by molar-refractivity contribution is 7.89. The highest BCUT2D eigenvalue weighted by Gasteiger charge is 2.40. The summed E-state index contributed by atoms with van der Waals surface area (Å²) in [6, 6.07) is 13.8. The van der Waals surface area contributed by atoms with Gasteiger partial charge in [0.2, 0.25) is 21.8 Å². The van der Waals surface area contributed by atoms with E-state index in [4.69, 9.17) is 16.3 Å². The van der Waals surface area contributed by atoms with Crippen LogP contribution in [0, 0.1) is 5.92 Å². The Labute approximate surface area is 314 Å². The van der Waals surface area contributed by atoms with Gasteiger partial charge in [-0.1, -0.05) is 67.3 Å². The monoisotopic (exact) mass is 755 g/mol. The van der Waals surface area contributed by atoms with Crippen molar-refractivity contribution in [3.63, 3.8) is 0 Å². The zero-order valence-corrected chi connectivity index (χ0v) is 32.3. The molecule has 13 heteroatoms. The molecule has 3 unspecified atom stereocenters. The van der Waals surface area contributed by atoms with E-state index < -0.39 is 33.8 Å². The molecule has 6 rings (SSSR count). The number of piperazine rings is 1. The lowest BCUT2D eigenvalue weighted by Crippen LogP contribution is -2.59. The normalized spacial score (nSPS) is 22.5. The lowest BCUT2D eigenvalue weighted by Gasteiger charge is -2.44. The summed E-state index contributed by atoms with van der Waals surface area (Å²) in [5, 5.41) is 3.64. The van der Waals surface area contributed by atoms with Crippen LogP contribution >= 0.6 is 11.6 Å². The van der Waals surface area contributed by atoms with Gasteiger partial charge in [0.15, 0.2) is 0 Å². The Hall–Kier alpha value is -3.19. The number of amides is 3. The first kappa shape index (κ1) is 38.5. The average Bonchev–Trinajstić information content (AvgIpc) is 3.65.